The second kappa shape index (κ2) is 11.6. The summed E-state index contributed by atoms with van der Waals surface area (Å²) in [5.41, 5.74) is 2.81. The van der Waals surface area contributed by atoms with Crippen LogP contribution in [0.5, 0.6) is 5.75 Å². The average molecular weight is 488 g/mol. The van der Waals surface area contributed by atoms with Crippen LogP contribution in [0.1, 0.15) is 51.1 Å². The first-order valence-corrected chi connectivity index (χ1v) is 13.8. The van der Waals surface area contributed by atoms with Gasteiger partial charge in [-0.15, -0.1) is 0 Å². The Morgan fingerprint density at radius 3 is 2.62 bits per heavy atom. The Morgan fingerprint density at radius 1 is 1.24 bits per heavy atom. The molecule has 34 heavy (non-hydrogen) atoms. The van der Waals surface area contributed by atoms with Crippen LogP contribution in [0.2, 0.25) is 0 Å². The number of piperidine rings is 1. The minimum absolute atomic E-state index is 0.0967. The van der Waals surface area contributed by atoms with E-state index in [4.69, 9.17) is 4.74 Å². The quantitative estimate of drug-likeness (QED) is 0.539. The van der Waals surface area contributed by atoms with Gasteiger partial charge in [0.2, 0.25) is 15.9 Å². The number of ether oxygens (including phenoxy) is 1. The number of nitrogens with zero attached hydrogens (tertiary/aromatic N) is 2. The summed E-state index contributed by atoms with van der Waals surface area (Å²) in [6.07, 6.45) is 4.34. The van der Waals surface area contributed by atoms with E-state index in [1.165, 1.54) is 36.2 Å². The molecule has 2 atom stereocenters. The van der Waals surface area contributed by atoms with E-state index in [2.05, 4.69) is 41.4 Å². The molecule has 1 N–H and O–H groups in total. The van der Waals surface area contributed by atoms with Crippen LogP contribution in [0.25, 0.3) is 0 Å². The van der Waals surface area contributed by atoms with Gasteiger partial charge >= 0.3 is 0 Å². The highest BCUT2D eigenvalue weighted by atomic mass is 32.2. The molecule has 0 radical (unpaired) electrons. The Hall–Kier alpha value is -2.74. The Labute approximate surface area is 204 Å². The van der Waals surface area contributed by atoms with E-state index in [1.807, 2.05) is 6.92 Å². The molecule has 1 aliphatic rings. The van der Waals surface area contributed by atoms with Gasteiger partial charge in [0.1, 0.15) is 5.75 Å². The van der Waals surface area contributed by atoms with Crippen LogP contribution in [0.4, 0.5) is 11.4 Å². The van der Waals surface area contributed by atoms with Crippen molar-refractivity contribution < 1.29 is 17.9 Å². The lowest BCUT2D eigenvalue weighted by atomic mass is 9.99. The fraction of sp³-hybridized carbons (Fsp3) is 0.500. The normalized spacial score (nSPS) is 17.2. The number of carbonyl (C=O) groups excluding carboxylic acids is 1. The lowest BCUT2D eigenvalue weighted by molar-refractivity contribution is -0.121. The highest BCUT2D eigenvalue weighted by Gasteiger charge is 2.19. The maximum atomic E-state index is 12.5. The minimum Gasteiger partial charge on any atom is -0.497 e. The molecule has 2 aromatic rings. The van der Waals surface area contributed by atoms with Crippen LogP contribution >= 0.6 is 0 Å². The Balaban J connectivity index is 1.52. The molecule has 0 unspecified atom stereocenters. The Morgan fingerprint density at radius 2 is 1.97 bits per heavy atom. The van der Waals surface area contributed by atoms with E-state index in [-0.39, 0.29) is 24.9 Å². The molecule has 0 aliphatic carbocycles. The van der Waals surface area contributed by atoms with Crippen LogP contribution < -0.4 is 19.3 Å². The number of carbonyl (C=O) groups is 1. The van der Waals surface area contributed by atoms with E-state index in [0.717, 1.165) is 18.7 Å². The van der Waals surface area contributed by atoms with Crippen LogP contribution in [-0.4, -0.2) is 47.3 Å². The van der Waals surface area contributed by atoms with E-state index >= 15 is 0 Å². The summed E-state index contributed by atoms with van der Waals surface area (Å²) in [6.45, 7) is 6.66. The van der Waals surface area contributed by atoms with Crippen molar-refractivity contribution in [2.45, 2.75) is 45.6 Å². The lowest BCUT2D eigenvalue weighted by Crippen LogP contribution is -2.34. The number of hydrogen-bond acceptors (Lipinski definition) is 5. The number of sulfonamides is 1. The second-order valence-electron chi connectivity index (χ2n) is 9.21. The summed E-state index contributed by atoms with van der Waals surface area (Å²) in [5, 5.41) is 3.03. The molecule has 1 amide bonds. The first-order chi connectivity index (χ1) is 16.2. The topological polar surface area (TPSA) is 79.0 Å². The number of methoxy groups -OCH3 is 1. The monoisotopic (exact) mass is 487 g/mol. The molecule has 0 aromatic heterocycles. The van der Waals surface area contributed by atoms with Crippen LogP contribution in [0.3, 0.4) is 0 Å². The van der Waals surface area contributed by atoms with Gasteiger partial charge in [0.05, 0.1) is 25.1 Å². The molecule has 186 valence electrons. The fourth-order valence-electron chi connectivity index (χ4n) is 4.43. The zero-order valence-electron chi connectivity index (χ0n) is 20.7. The number of hydrogen-bond donors (Lipinski definition) is 1. The third-order valence-corrected chi connectivity index (χ3v) is 7.49. The van der Waals surface area contributed by atoms with Crippen molar-refractivity contribution in [2.75, 3.05) is 42.2 Å². The fourth-order valence-corrected chi connectivity index (χ4v) is 5.39. The second-order valence-corrected chi connectivity index (χ2v) is 11.1. The maximum absolute atomic E-state index is 12.5. The summed E-state index contributed by atoms with van der Waals surface area (Å²) < 4.78 is 31.1. The minimum atomic E-state index is -3.48. The largest absolute Gasteiger partial charge is 0.497 e. The third-order valence-electron chi connectivity index (χ3n) is 6.30. The van der Waals surface area contributed by atoms with Gasteiger partial charge in [-0.05, 0) is 61.9 Å². The smallest absolute Gasteiger partial charge is 0.232 e. The van der Waals surface area contributed by atoms with Crippen molar-refractivity contribution in [1.29, 1.82) is 0 Å². The van der Waals surface area contributed by atoms with Gasteiger partial charge in [-0.25, -0.2) is 8.42 Å². The first kappa shape index (κ1) is 25.9. The summed E-state index contributed by atoms with van der Waals surface area (Å²) >= 11 is 0. The summed E-state index contributed by atoms with van der Waals surface area (Å²) in [4.78, 5) is 15.0. The van der Waals surface area contributed by atoms with Crippen LogP contribution in [-0.2, 0) is 14.8 Å². The highest BCUT2D eigenvalue weighted by molar-refractivity contribution is 7.92. The van der Waals surface area contributed by atoms with Gasteiger partial charge < -0.3 is 15.0 Å². The van der Waals surface area contributed by atoms with Gasteiger partial charge in [0, 0.05) is 37.8 Å². The van der Waals surface area contributed by atoms with E-state index in [1.54, 1.807) is 24.3 Å². The number of rotatable bonds is 10. The molecule has 1 aliphatic heterocycles. The standard InChI is InChI=1S/C26H37N3O4S/c1-20-8-6-16-28(19-20)23-14-12-22(13-15-23)21(2)27-26(30)11-7-17-29(34(4,31)32)24-9-5-10-25(18-24)33-3/h5,9-10,12-15,18,20-21H,6-8,11,16-17,19H2,1-4H3,(H,27,30)/t20-,21+/m1/s1. The number of nitrogens with one attached hydrogen (secondary N) is 1. The molecule has 8 heteroatoms. The molecule has 2 aromatic carbocycles. The van der Waals surface area contributed by atoms with Gasteiger partial charge in [0.15, 0.2) is 0 Å². The number of anilines is 2. The van der Waals surface area contributed by atoms with E-state index in [9.17, 15) is 13.2 Å². The first-order valence-electron chi connectivity index (χ1n) is 11.9. The third kappa shape index (κ3) is 7.13. The van der Waals surface area contributed by atoms with Gasteiger partial charge in [-0.1, -0.05) is 25.1 Å². The van der Waals surface area contributed by atoms with Gasteiger partial charge in [-0.2, -0.15) is 0 Å². The Bertz CT molecular complexity index is 1060. The van der Waals surface area contributed by atoms with Gasteiger partial charge in [0.25, 0.3) is 0 Å². The van der Waals surface area contributed by atoms with Crippen molar-refractivity contribution in [1.82, 2.24) is 5.32 Å². The predicted molar refractivity (Wildman–Crippen MR) is 138 cm³/mol. The number of amides is 1. The van der Waals surface area contributed by atoms with Crippen LogP contribution in [0.15, 0.2) is 48.5 Å². The summed E-state index contributed by atoms with van der Waals surface area (Å²) in [7, 11) is -1.94. The SMILES string of the molecule is COc1cccc(N(CCCC(=O)N[C@@H](C)c2ccc(N3CCC[C@@H](C)C3)cc2)S(C)(=O)=O)c1. The van der Waals surface area contributed by atoms with Crippen molar-refractivity contribution >= 4 is 27.3 Å². The molecular formula is C26H37N3O4S. The molecule has 0 bridgehead atoms. The molecule has 0 spiro atoms. The van der Waals surface area contributed by atoms with Crippen LogP contribution in [0, 0.1) is 5.92 Å². The molecule has 0 saturated carbocycles. The average Bonchev–Trinajstić information content (AvgIpc) is 2.81. The predicted octanol–water partition coefficient (Wildman–Crippen LogP) is 4.36. The number of benzene rings is 2. The zero-order chi connectivity index (χ0) is 24.7. The maximum Gasteiger partial charge on any atom is 0.232 e. The molecule has 7 nitrogen and oxygen atoms in total. The Kier molecular flexibility index (Phi) is 8.83. The summed E-state index contributed by atoms with van der Waals surface area (Å²) in [5.74, 6) is 1.20. The highest BCUT2D eigenvalue weighted by Crippen LogP contribution is 2.25. The van der Waals surface area contributed by atoms with Gasteiger partial charge in [-0.3, -0.25) is 9.10 Å². The van der Waals surface area contributed by atoms with Crippen molar-refractivity contribution in [3.8, 4) is 5.75 Å². The van der Waals surface area contributed by atoms with Crippen molar-refractivity contribution in [3.63, 3.8) is 0 Å². The van der Waals surface area contributed by atoms with E-state index < -0.39 is 10.0 Å². The molecular weight excluding hydrogens is 450 g/mol. The van der Waals surface area contributed by atoms with Crippen molar-refractivity contribution in [3.05, 3.63) is 54.1 Å². The lowest BCUT2D eigenvalue weighted by Gasteiger charge is -2.33. The molecule has 1 heterocycles. The summed E-state index contributed by atoms with van der Waals surface area (Å²) in [6, 6.07) is 15.2. The molecule has 3 rings (SSSR count). The van der Waals surface area contributed by atoms with Crippen molar-refractivity contribution in [2.24, 2.45) is 5.92 Å². The molecule has 1 saturated heterocycles. The molecule has 1 fully saturated rings. The zero-order valence-corrected chi connectivity index (χ0v) is 21.5. The van der Waals surface area contributed by atoms with E-state index in [0.29, 0.717) is 23.8 Å².